The van der Waals surface area contributed by atoms with Gasteiger partial charge in [0.25, 0.3) is 0 Å². The van der Waals surface area contributed by atoms with E-state index >= 15 is 0 Å². The molecule has 0 N–H and O–H groups in total. The number of benzene rings is 1. The topological polar surface area (TPSA) is 57.7 Å². The molecule has 8 heteroatoms. The van der Waals surface area contributed by atoms with Crippen LogP contribution in [0, 0.1) is 0 Å². The van der Waals surface area contributed by atoms with Gasteiger partial charge in [0.2, 0.25) is 0 Å². The molecule has 26 heavy (non-hydrogen) atoms. The van der Waals surface area contributed by atoms with E-state index in [1.165, 1.54) is 18.4 Å². The number of ether oxygens (including phenoxy) is 3. The number of rotatable bonds is 7. The molecule has 0 aliphatic carbocycles. The molecule has 0 radical (unpaired) electrons. The van der Waals surface area contributed by atoms with Gasteiger partial charge in [-0.1, -0.05) is 0 Å². The van der Waals surface area contributed by atoms with Crippen LogP contribution in [-0.4, -0.2) is 32.3 Å². The van der Waals surface area contributed by atoms with E-state index in [1.54, 1.807) is 37.3 Å². The number of hydrogen-bond donors (Lipinski definition) is 0. The molecule has 0 aliphatic rings. The largest absolute Gasteiger partial charge is 0.493 e. The van der Waals surface area contributed by atoms with Crippen LogP contribution in [0.25, 0.3) is 11.3 Å². The number of thioether (sulfide) groups is 1. The maximum Gasteiger partial charge on any atom is 0.348 e. The van der Waals surface area contributed by atoms with Gasteiger partial charge in [-0.2, -0.15) is 0 Å². The molecule has 3 rings (SSSR count). The molecular formula is C18H17NO4S3. The summed E-state index contributed by atoms with van der Waals surface area (Å²) in [6.07, 6.45) is 0. The van der Waals surface area contributed by atoms with Crippen molar-refractivity contribution in [1.29, 1.82) is 0 Å². The van der Waals surface area contributed by atoms with Gasteiger partial charge in [-0.15, -0.1) is 34.4 Å². The quantitative estimate of drug-likeness (QED) is 0.407. The molecule has 1 aromatic carbocycles. The minimum Gasteiger partial charge on any atom is -0.493 e. The molecular weight excluding hydrogens is 390 g/mol. The van der Waals surface area contributed by atoms with E-state index in [1.807, 2.05) is 35.0 Å². The van der Waals surface area contributed by atoms with Gasteiger partial charge in [0.1, 0.15) is 9.88 Å². The van der Waals surface area contributed by atoms with Crippen molar-refractivity contribution in [3.8, 4) is 22.8 Å². The van der Waals surface area contributed by atoms with Crippen molar-refractivity contribution in [2.75, 3.05) is 21.3 Å². The van der Waals surface area contributed by atoms with Gasteiger partial charge in [-0.3, -0.25) is 0 Å². The zero-order valence-corrected chi connectivity index (χ0v) is 16.9. The normalized spacial score (nSPS) is 10.6. The predicted molar refractivity (Wildman–Crippen MR) is 106 cm³/mol. The number of methoxy groups -OCH3 is 3. The average molecular weight is 408 g/mol. The second kappa shape index (κ2) is 8.57. The van der Waals surface area contributed by atoms with Gasteiger partial charge in [-0.25, -0.2) is 9.78 Å². The molecule has 3 aromatic rings. The van der Waals surface area contributed by atoms with Crippen molar-refractivity contribution in [3.05, 3.63) is 44.9 Å². The smallest absolute Gasteiger partial charge is 0.348 e. The number of esters is 1. The molecule has 0 spiro atoms. The third kappa shape index (κ3) is 4.20. The fourth-order valence-corrected chi connectivity index (χ4v) is 5.02. The summed E-state index contributed by atoms with van der Waals surface area (Å²) in [5.74, 6) is 1.82. The maximum absolute atomic E-state index is 11.5. The SMILES string of the molecule is COC(=O)c1cc(SCc2nc(-c3ccc(OC)c(OC)c3)cs2)cs1. The van der Waals surface area contributed by atoms with Gasteiger partial charge in [-0.05, 0) is 24.3 Å². The van der Waals surface area contributed by atoms with Gasteiger partial charge in [0.05, 0.1) is 32.8 Å². The Labute approximate surface area is 163 Å². The molecule has 5 nitrogen and oxygen atoms in total. The fourth-order valence-electron chi connectivity index (χ4n) is 2.25. The molecule has 2 heterocycles. The minimum atomic E-state index is -0.299. The number of hydrogen-bond acceptors (Lipinski definition) is 8. The predicted octanol–water partition coefficient (Wildman–Crippen LogP) is 4.97. The number of nitrogens with zero attached hydrogens (tertiary/aromatic N) is 1. The third-order valence-corrected chi connectivity index (χ3v) is 6.63. The molecule has 0 saturated heterocycles. The Balaban J connectivity index is 1.68. The summed E-state index contributed by atoms with van der Waals surface area (Å²) >= 11 is 4.65. The first-order chi connectivity index (χ1) is 12.6. The maximum atomic E-state index is 11.5. The highest BCUT2D eigenvalue weighted by molar-refractivity contribution is 7.98. The van der Waals surface area contributed by atoms with Gasteiger partial charge in [0.15, 0.2) is 11.5 Å². The van der Waals surface area contributed by atoms with Gasteiger partial charge < -0.3 is 14.2 Å². The van der Waals surface area contributed by atoms with Crippen molar-refractivity contribution in [3.63, 3.8) is 0 Å². The monoisotopic (exact) mass is 407 g/mol. The summed E-state index contributed by atoms with van der Waals surface area (Å²) in [5.41, 5.74) is 1.89. The Bertz CT molecular complexity index is 903. The van der Waals surface area contributed by atoms with Crippen LogP contribution >= 0.6 is 34.4 Å². The van der Waals surface area contributed by atoms with Crippen LogP contribution in [0.15, 0.2) is 39.9 Å². The van der Waals surface area contributed by atoms with E-state index in [0.29, 0.717) is 16.4 Å². The molecule has 2 aromatic heterocycles. The average Bonchev–Trinajstić information content (AvgIpc) is 3.34. The third-order valence-electron chi connectivity index (χ3n) is 3.56. The molecule has 0 atom stereocenters. The lowest BCUT2D eigenvalue weighted by molar-refractivity contribution is 0.0606. The zero-order valence-electron chi connectivity index (χ0n) is 14.5. The number of thiazole rings is 1. The van der Waals surface area contributed by atoms with E-state index in [9.17, 15) is 4.79 Å². The summed E-state index contributed by atoms with van der Waals surface area (Å²) in [4.78, 5) is 17.9. The standard InChI is InChI=1S/C18H17NO4S3/c1-21-14-5-4-11(6-15(14)22-2)13-9-26-17(19-13)10-24-12-7-16(25-8-12)18(20)23-3/h4-9H,10H2,1-3H3. The summed E-state index contributed by atoms with van der Waals surface area (Å²) in [7, 11) is 4.63. The lowest BCUT2D eigenvalue weighted by Gasteiger charge is -2.08. The first-order valence-corrected chi connectivity index (χ1v) is 10.4. The first-order valence-electron chi connectivity index (χ1n) is 7.61. The molecule has 0 aliphatic heterocycles. The van der Waals surface area contributed by atoms with Crippen molar-refractivity contribution < 1.29 is 19.0 Å². The Morgan fingerprint density at radius 3 is 2.62 bits per heavy atom. The highest BCUT2D eigenvalue weighted by atomic mass is 32.2. The van der Waals surface area contributed by atoms with E-state index < -0.39 is 0 Å². The van der Waals surface area contributed by atoms with Crippen LogP contribution in [0.5, 0.6) is 11.5 Å². The molecule has 0 bridgehead atoms. The Hall–Kier alpha value is -2.03. The van der Waals surface area contributed by atoms with Crippen LogP contribution < -0.4 is 9.47 Å². The second-order valence-corrected chi connectivity index (χ2v) is 8.03. The first kappa shape index (κ1) is 18.8. The Kier molecular flexibility index (Phi) is 6.18. The molecule has 0 fully saturated rings. The van der Waals surface area contributed by atoms with E-state index in [-0.39, 0.29) is 5.97 Å². The lowest BCUT2D eigenvalue weighted by Crippen LogP contribution is -1.96. The van der Waals surface area contributed by atoms with E-state index in [0.717, 1.165) is 26.9 Å². The lowest BCUT2D eigenvalue weighted by atomic mass is 10.1. The van der Waals surface area contributed by atoms with Crippen LogP contribution in [0.1, 0.15) is 14.7 Å². The van der Waals surface area contributed by atoms with Crippen molar-refractivity contribution in [2.24, 2.45) is 0 Å². The highest BCUT2D eigenvalue weighted by Crippen LogP contribution is 2.34. The number of carbonyl (C=O) groups is 1. The highest BCUT2D eigenvalue weighted by Gasteiger charge is 2.12. The van der Waals surface area contributed by atoms with Crippen LogP contribution in [0.3, 0.4) is 0 Å². The zero-order chi connectivity index (χ0) is 18.5. The Morgan fingerprint density at radius 1 is 1.08 bits per heavy atom. The van der Waals surface area contributed by atoms with E-state index in [2.05, 4.69) is 0 Å². The van der Waals surface area contributed by atoms with Gasteiger partial charge >= 0.3 is 5.97 Å². The second-order valence-electron chi connectivity index (χ2n) is 5.12. The summed E-state index contributed by atoms with van der Waals surface area (Å²) in [6.45, 7) is 0. The molecule has 136 valence electrons. The van der Waals surface area contributed by atoms with Crippen LogP contribution in [-0.2, 0) is 10.5 Å². The van der Waals surface area contributed by atoms with E-state index in [4.69, 9.17) is 19.2 Å². The molecule has 0 saturated carbocycles. The summed E-state index contributed by atoms with van der Waals surface area (Å²) < 4.78 is 15.4. The van der Waals surface area contributed by atoms with Crippen molar-refractivity contribution >= 4 is 40.4 Å². The fraction of sp³-hybridized carbons (Fsp3) is 0.222. The molecule has 0 unspecified atom stereocenters. The van der Waals surface area contributed by atoms with Crippen molar-refractivity contribution in [2.45, 2.75) is 10.6 Å². The summed E-state index contributed by atoms with van der Waals surface area (Å²) in [5, 5.41) is 5.01. The number of aromatic nitrogens is 1. The minimum absolute atomic E-state index is 0.299. The molecule has 0 amide bonds. The van der Waals surface area contributed by atoms with Gasteiger partial charge in [0, 0.05) is 21.2 Å². The van der Waals surface area contributed by atoms with Crippen LogP contribution in [0.4, 0.5) is 0 Å². The van der Waals surface area contributed by atoms with Crippen molar-refractivity contribution in [1.82, 2.24) is 4.98 Å². The van der Waals surface area contributed by atoms with Crippen LogP contribution in [0.2, 0.25) is 0 Å². The Morgan fingerprint density at radius 2 is 1.88 bits per heavy atom. The number of thiophene rings is 1. The number of carbonyl (C=O) groups excluding carboxylic acids is 1. The summed E-state index contributed by atoms with van der Waals surface area (Å²) in [6, 6.07) is 7.62.